The lowest BCUT2D eigenvalue weighted by atomic mass is 9.98. The largest absolute Gasteiger partial charge is 0.466 e. The number of likely N-dealkylation sites (tertiary alicyclic amines) is 1. The van der Waals surface area contributed by atoms with Gasteiger partial charge >= 0.3 is 5.97 Å². The minimum Gasteiger partial charge on any atom is -0.466 e. The summed E-state index contributed by atoms with van der Waals surface area (Å²) in [5.74, 6) is -0.820. The van der Waals surface area contributed by atoms with Gasteiger partial charge in [-0.2, -0.15) is 0 Å². The Hall–Kier alpha value is -1.68. The molecule has 1 saturated heterocycles. The normalized spacial score (nSPS) is 23.2. The molecule has 2 atom stereocenters. The Bertz CT molecular complexity index is 432. The molecule has 0 N–H and O–H groups in total. The monoisotopic (exact) mass is 261 g/mol. The van der Waals surface area contributed by atoms with Crippen molar-refractivity contribution in [2.24, 2.45) is 11.8 Å². The first-order valence-corrected chi connectivity index (χ1v) is 6.62. The van der Waals surface area contributed by atoms with Gasteiger partial charge in [-0.25, -0.2) is 0 Å². The van der Waals surface area contributed by atoms with Gasteiger partial charge < -0.3 is 9.53 Å². The maximum Gasteiger partial charge on any atom is 0.311 e. The molecule has 0 saturated carbocycles. The molecule has 1 aromatic rings. The van der Waals surface area contributed by atoms with Crippen molar-refractivity contribution in [2.75, 3.05) is 19.7 Å². The molecule has 4 nitrogen and oxygen atoms in total. The van der Waals surface area contributed by atoms with Crippen LogP contribution < -0.4 is 0 Å². The standard InChI is InChI=1S/C15H19NO3/c1-2-19-15(18)14-10-16(9-13(14)11-17)8-12-6-4-3-5-7-12/h3-7,11,13-14H,2,8-10H2,1H3. The molecule has 0 spiro atoms. The van der Waals surface area contributed by atoms with Gasteiger partial charge in [0.25, 0.3) is 0 Å². The average Bonchev–Trinajstić information content (AvgIpc) is 2.83. The van der Waals surface area contributed by atoms with E-state index in [9.17, 15) is 9.59 Å². The van der Waals surface area contributed by atoms with Crippen LogP contribution in [0.5, 0.6) is 0 Å². The smallest absolute Gasteiger partial charge is 0.311 e. The van der Waals surface area contributed by atoms with E-state index < -0.39 is 0 Å². The van der Waals surface area contributed by atoms with E-state index >= 15 is 0 Å². The van der Waals surface area contributed by atoms with E-state index in [1.807, 2.05) is 30.3 Å². The quantitative estimate of drug-likeness (QED) is 0.595. The van der Waals surface area contributed by atoms with Gasteiger partial charge in [0, 0.05) is 25.6 Å². The Morgan fingerprint density at radius 1 is 1.37 bits per heavy atom. The van der Waals surface area contributed by atoms with Crippen LogP contribution in [-0.2, 0) is 20.9 Å². The van der Waals surface area contributed by atoms with Crippen LogP contribution in [0.3, 0.4) is 0 Å². The lowest BCUT2D eigenvalue weighted by Gasteiger charge is -2.15. The lowest BCUT2D eigenvalue weighted by molar-refractivity contribution is -0.149. The van der Waals surface area contributed by atoms with Crippen LogP contribution in [0.15, 0.2) is 30.3 Å². The molecule has 2 rings (SSSR count). The van der Waals surface area contributed by atoms with Gasteiger partial charge in [0.1, 0.15) is 6.29 Å². The number of ether oxygens (including phenoxy) is 1. The van der Waals surface area contributed by atoms with Crippen LogP contribution in [0.25, 0.3) is 0 Å². The molecule has 4 heteroatoms. The zero-order valence-corrected chi connectivity index (χ0v) is 11.1. The highest BCUT2D eigenvalue weighted by atomic mass is 16.5. The van der Waals surface area contributed by atoms with Crippen molar-refractivity contribution in [1.82, 2.24) is 4.90 Å². The number of aldehydes is 1. The van der Waals surface area contributed by atoms with Crippen molar-refractivity contribution in [3.8, 4) is 0 Å². The highest BCUT2D eigenvalue weighted by Crippen LogP contribution is 2.24. The van der Waals surface area contributed by atoms with Gasteiger partial charge in [0.2, 0.25) is 0 Å². The van der Waals surface area contributed by atoms with Gasteiger partial charge in [-0.05, 0) is 12.5 Å². The zero-order valence-electron chi connectivity index (χ0n) is 11.1. The summed E-state index contributed by atoms with van der Waals surface area (Å²) in [6.07, 6.45) is 0.882. The fourth-order valence-corrected chi connectivity index (χ4v) is 2.52. The number of hydrogen-bond donors (Lipinski definition) is 0. The molecule has 0 amide bonds. The summed E-state index contributed by atoms with van der Waals surface area (Å²) in [4.78, 5) is 25.0. The summed E-state index contributed by atoms with van der Waals surface area (Å²) >= 11 is 0. The van der Waals surface area contributed by atoms with Crippen molar-refractivity contribution in [3.05, 3.63) is 35.9 Å². The first kappa shape index (κ1) is 13.7. The number of rotatable bonds is 5. The number of carbonyl (C=O) groups is 2. The highest BCUT2D eigenvalue weighted by molar-refractivity contribution is 5.77. The minimum absolute atomic E-state index is 0.247. The molecular formula is C15H19NO3. The van der Waals surface area contributed by atoms with Gasteiger partial charge in [-0.15, -0.1) is 0 Å². The molecule has 2 unspecified atom stereocenters. The van der Waals surface area contributed by atoms with E-state index in [0.717, 1.165) is 12.8 Å². The second-order valence-corrected chi connectivity index (χ2v) is 4.84. The van der Waals surface area contributed by atoms with E-state index in [-0.39, 0.29) is 17.8 Å². The predicted molar refractivity (Wildman–Crippen MR) is 71.4 cm³/mol. The summed E-state index contributed by atoms with van der Waals surface area (Å²) in [6.45, 7) is 4.13. The first-order chi connectivity index (χ1) is 9.24. The molecule has 1 aliphatic heterocycles. The summed E-state index contributed by atoms with van der Waals surface area (Å²) < 4.78 is 5.03. The predicted octanol–water partition coefficient (Wildman–Crippen LogP) is 1.50. The molecule has 1 aromatic carbocycles. The summed E-state index contributed by atoms with van der Waals surface area (Å²) in [5, 5.41) is 0. The Labute approximate surface area is 113 Å². The molecule has 0 aromatic heterocycles. The fourth-order valence-electron chi connectivity index (χ4n) is 2.52. The Kier molecular flexibility index (Phi) is 4.68. The van der Waals surface area contributed by atoms with Gasteiger partial charge in [0.05, 0.1) is 12.5 Å². The van der Waals surface area contributed by atoms with Crippen LogP contribution in [-0.4, -0.2) is 36.9 Å². The van der Waals surface area contributed by atoms with E-state index in [1.165, 1.54) is 5.56 Å². The third-order valence-electron chi connectivity index (χ3n) is 3.45. The molecule has 19 heavy (non-hydrogen) atoms. The maximum atomic E-state index is 11.8. The molecule has 0 aliphatic carbocycles. The Balaban J connectivity index is 1.98. The number of esters is 1. The van der Waals surface area contributed by atoms with Crippen LogP contribution in [0.4, 0.5) is 0 Å². The highest BCUT2D eigenvalue weighted by Gasteiger charge is 2.38. The van der Waals surface area contributed by atoms with Crippen molar-refractivity contribution < 1.29 is 14.3 Å². The minimum atomic E-state index is -0.318. The van der Waals surface area contributed by atoms with Crippen LogP contribution in [0.2, 0.25) is 0 Å². The molecule has 1 aliphatic rings. The topological polar surface area (TPSA) is 46.6 Å². The molecule has 102 valence electrons. The number of carbonyl (C=O) groups excluding carboxylic acids is 2. The summed E-state index contributed by atoms with van der Waals surface area (Å²) in [6, 6.07) is 10.1. The van der Waals surface area contributed by atoms with E-state index in [2.05, 4.69) is 4.90 Å². The number of nitrogens with zero attached hydrogens (tertiary/aromatic N) is 1. The average molecular weight is 261 g/mol. The first-order valence-electron chi connectivity index (χ1n) is 6.62. The fraction of sp³-hybridized carbons (Fsp3) is 0.467. The second-order valence-electron chi connectivity index (χ2n) is 4.84. The Morgan fingerprint density at radius 3 is 2.74 bits per heavy atom. The van der Waals surface area contributed by atoms with Crippen molar-refractivity contribution >= 4 is 12.3 Å². The third kappa shape index (κ3) is 3.41. The molecule has 1 heterocycles. The van der Waals surface area contributed by atoms with Gasteiger partial charge in [0.15, 0.2) is 0 Å². The maximum absolute atomic E-state index is 11.8. The SMILES string of the molecule is CCOC(=O)C1CN(Cc2ccccc2)CC1C=O. The summed E-state index contributed by atoms with van der Waals surface area (Å²) in [7, 11) is 0. The van der Waals surface area contributed by atoms with Crippen LogP contribution in [0, 0.1) is 11.8 Å². The van der Waals surface area contributed by atoms with E-state index in [4.69, 9.17) is 4.74 Å². The molecule has 0 radical (unpaired) electrons. The van der Waals surface area contributed by atoms with Gasteiger partial charge in [-0.1, -0.05) is 30.3 Å². The van der Waals surface area contributed by atoms with Crippen molar-refractivity contribution in [3.63, 3.8) is 0 Å². The van der Waals surface area contributed by atoms with Gasteiger partial charge in [-0.3, -0.25) is 9.69 Å². The van der Waals surface area contributed by atoms with E-state index in [1.54, 1.807) is 6.92 Å². The van der Waals surface area contributed by atoms with Crippen LogP contribution in [0.1, 0.15) is 12.5 Å². The zero-order chi connectivity index (χ0) is 13.7. The Morgan fingerprint density at radius 2 is 2.11 bits per heavy atom. The van der Waals surface area contributed by atoms with Crippen molar-refractivity contribution in [2.45, 2.75) is 13.5 Å². The van der Waals surface area contributed by atoms with Crippen LogP contribution >= 0.6 is 0 Å². The van der Waals surface area contributed by atoms with Crippen molar-refractivity contribution in [1.29, 1.82) is 0 Å². The summed E-state index contributed by atoms with van der Waals surface area (Å²) in [5.41, 5.74) is 1.19. The van der Waals surface area contributed by atoms with E-state index in [0.29, 0.717) is 19.7 Å². The second kappa shape index (κ2) is 6.48. The lowest BCUT2D eigenvalue weighted by Crippen LogP contribution is -2.26. The molecular weight excluding hydrogens is 242 g/mol. The molecule has 1 fully saturated rings. The third-order valence-corrected chi connectivity index (χ3v) is 3.45. The number of benzene rings is 1. The number of hydrogen-bond acceptors (Lipinski definition) is 4. The molecule has 0 bridgehead atoms.